The van der Waals surface area contributed by atoms with Crippen LogP contribution >= 0.6 is 0 Å². The Morgan fingerprint density at radius 1 is 1.23 bits per heavy atom. The lowest BCUT2D eigenvalue weighted by Crippen LogP contribution is -2.57. The number of aromatic nitrogens is 3. The van der Waals surface area contributed by atoms with Gasteiger partial charge in [0.25, 0.3) is 5.56 Å². The normalized spacial score (nSPS) is 21.7. The Labute approximate surface area is 228 Å². The van der Waals surface area contributed by atoms with Crippen LogP contribution < -0.4 is 19.9 Å². The first-order valence-corrected chi connectivity index (χ1v) is 13.6. The number of imidazole rings is 1. The van der Waals surface area contributed by atoms with Crippen LogP contribution in [0.4, 0.5) is 10.1 Å². The van der Waals surface area contributed by atoms with E-state index in [0.29, 0.717) is 43.2 Å². The molecule has 1 unspecified atom stereocenters. The minimum atomic E-state index is -0.802. The second-order valence-electron chi connectivity index (χ2n) is 11.4. The molecular formula is C29H37FN6O3. The summed E-state index contributed by atoms with van der Waals surface area (Å²) in [5.41, 5.74) is 1.24. The lowest BCUT2D eigenvalue weighted by Gasteiger charge is -2.47. The van der Waals surface area contributed by atoms with Crippen LogP contribution in [0.15, 0.2) is 23.0 Å². The minimum Gasteiger partial charge on any atom is -0.486 e. The molecule has 208 valence electrons. The Morgan fingerprint density at radius 2 is 1.97 bits per heavy atom. The largest absolute Gasteiger partial charge is 0.486 e. The van der Waals surface area contributed by atoms with Crippen LogP contribution in [0.1, 0.15) is 59.0 Å². The molecule has 1 fully saturated rings. The summed E-state index contributed by atoms with van der Waals surface area (Å²) in [7, 11) is 1.56. The van der Waals surface area contributed by atoms with Gasteiger partial charge in [-0.1, -0.05) is 6.07 Å². The number of hydrogen-bond donors (Lipinski definition) is 0. The number of nitriles is 1. The van der Waals surface area contributed by atoms with Gasteiger partial charge in [-0.05, 0) is 59.2 Å². The van der Waals surface area contributed by atoms with Crippen molar-refractivity contribution in [3.05, 3.63) is 45.8 Å². The summed E-state index contributed by atoms with van der Waals surface area (Å²) in [5, 5.41) is 9.33. The fraction of sp³-hybridized carbons (Fsp3) is 0.552. The molecule has 1 saturated heterocycles. The molecule has 2 aromatic heterocycles. The summed E-state index contributed by atoms with van der Waals surface area (Å²) in [5.74, 6) is 1.24. The van der Waals surface area contributed by atoms with E-state index in [4.69, 9.17) is 9.47 Å². The number of ether oxygens (including phenoxy) is 2. The van der Waals surface area contributed by atoms with E-state index in [-0.39, 0.29) is 35.8 Å². The highest BCUT2D eigenvalue weighted by Gasteiger charge is 2.37. The van der Waals surface area contributed by atoms with Crippen LogP contribution in [0.3, 0.4) is 0 Å². The smallest absolute Gasteiger partial charge is 0.290 e. The minimum absolute atomic E-state index is 0.0613. The predicted molar refractivity (Wildman–Crippen MR) is 148 cm³/mol. The molecule has 0 amide bonds. The number of piperazine rings is 1. The molecule has 0 saturated carbocycles. The summed E-state index contributed by atoms with van der Waals surface area (Å²) in [4.78, 5) is 22.1. The molecule has 0 N–H and O–H groups in total. The average Bonchev–Trinajstić information content (AvgIpc) is 3.25. The fourth-order valence-corrected chi connectivity index (χ4v) is 6.00. The SMILES string of the molecule is CCn1c(CC#N)nc2c(N3C[C@@H](C)N(C(C)c4ccc5c(c4)OC(C)(C)CO5)C[C@@H]3C)c(F)c(=O)n(C)c21. The number of rotatable bonds is 5. The first kappa shape index (κ1) is 27.0. The monoisotopic (exact) mass is 536 g/mol. The van der Waals surface area contributed by atoms with Gasteiger partial charge in [-0.25, -0.2) is 4.98 Å². The van der Waals surface area contributed by atoms with Gasteiger partial charge in [0.15, 0.2) is 11.5 Å². The van der Waals surface area contributed by atoms with Crippen LogP contribution in [0.25, 0.3) is 11.2 Å². The van der Waals surface area contributed by atoms with Gasteiger partial charge in [-0.3, -0.25) is 14.3 Å². The summed E-state index contributed by atoms with van der Waals surface area (Å²) in [6.07, 6.45) is 0.0851. The van der Waals surface area contributed by atoms with Crippen molar-refractivity contribution in [1.82, 2.24) is 19.0 Å². The third-order valence-electron chi connectivity index (χ3n) is 8.05. The zero-order chi connectivity index (χ0) is 28.2. The number of hydrogen-bond acceptors (Lipinski definition) is 7. The maximum absolute atomic E-state index is 15.7. The van der Waals surface area contributed by atoms with E-state index in [9.17, 15) is 10.1 Å². The van der Waals surface area contributed by atoms with Gasteiger partial charge in [0.2, 0.25) is 5.82 Å². The highest BCUT2D eigenvalue weighted by Crippen LogP contribution is 2.39. The molecule has 3 atom stereocenters. The summed E-state index contributed by atoms with van der Waals surface area (Å²) >= 11 is 0. The molecule has 0 bridgehead atoms. The number of halogens is 1. The Hall–Kier alpha value is -3.58. The first-order valence-electron chi connectivity index (χ1n) is 13.6. The summed E-state index contributed by atoms with van der Waals surface area (Å²) in [6, 6.07) is 8.30. The number of aryl methyl sites for hydroxylation is 2. The molecule has 2 aliphatic heterocycles. The number of pyridine rings is 1. The molecule has 0 radical (unpaired) electrons. The Balaban J connectivity index is 1.48. The maximum atomic E-state index is 15.7. The Bertz CT molecular complexity index is 1520. The van der Waals surface area contributed by atoms with Crippen molar-refractivity contribution in [2.45, 2.75) is 78.2 Å². The molecule has 1 aromatic carbocycles. The highest BCUT2D eigenvalue weighted by molar-refractivity contribution is 5.88. The van der Waals surface area contributed by atoms with Crippen LogP contribution in [-0.4, -0.2) is 56.4 Å². The third-order valence-corrected chi connectivity index (χ3v) is 8.05. The molecule has 39 heavy (non-hydrogen) atoms. The molecule has 0 aliphatic carbocycles. The van der Waals surface area contributed by atoms with Gasteiger partial charge in [0, 0.05) is 44.8 Å². The molecule has 0 spiro atoms. The van der Waals surface area contributed by atoms with Crippen molar-refractivity contribution in [3.63, 3.8) is 0 Å². The number of fused-ring (bicyclic) bond motifs is 2. The lowest BCUT2D eigenvalue weighted by atomic mass is 9.99. The van der Waals surface area contributed by atoms with E-state index in [0.717, 1.165) is 17.1 Å². The van der Waals surface area contributed by atoms with Gasteiger partial charge in [0.05, 0.1) is 12.5 Å². The molecule has 10 heteroatoms. The van der Waals surface area contributed by atoms with E-state index in [1.54, 1.807) is 7.05 Å². The average molecular weight is 537 g/mol. The number of anilines is 1. The van der Waals surface area contributed by atoms with Crippen molar-refractivity contribution in [2.24, 2.45) is 7.05 Å². The maximum Gasteiger partial charge on any atom is 0.290 e. The second kappa shape index (κ2) is 9.87. The quantitative estimate of drug-likeness (QED) is 0.484. The van der Waals surface area contributed by atoms with E-state index < -0.39 is 11.4 Å². The zero-order valence-corrected chi connectivity index (χ0v) is 23.8. The zero-order valence-electron chi connectivity index (χ0n) is 23.8. The second-order valence-corrected chi connectivity index (χ2v) is 11.4. The molecule has 4 heterocycles. The van der Waals surface area contributed by atoms with Crippen molar-refractivity contribution in [2.75, 3.05) is 24.6 Å². The molecule has 9 nitrogen and oxygen atoms in total. The van der Waals surface area contributed by atoms with Crippen molar-refractivity contribution in [1.29, 1.82) is 5.26 Å². The standard InChI is InChI=1S/C29H37FN6O3/c1-8-34-23(11-12-31)32-25-26(24(30)28(37)33(7)27(25)34)36-15-17(2)35(14-18(36)3)19(4)20-9-10-21-22(13-20)39-29(5,6)16-38-21/h9-10,13,17-19H,8,11,14-16H2,1-7H3/t17-,18+,19?/m1/s1. The van der Waals surface area contributed by atoms with Crippen LogP contribution in [-0.2, 0) is 20.0 Å². The van der Waals surface area contributed by atoms with Gasteiger partial charge in [0.1, 0.15) is 34.9 Å². The van der Waals surface area contributed by atoms with Crippen LogP contribution in [0.2, 0.25) is 0 Å². The van der Waals surface area contributed by atoms with E-state index in [1.807, 2.05) is 43.2 Å². The van der Waals surface area contributed by atoms with Gasteiger partial charge >= 0.3 is 0 Å². The van der Waals surface area contributed by atoms with Crippen LogP contribution in [0, 0.1) is 17.1 Å². The lowest BCUT2D eigenvalue weighted by molar-refractivity contribution is 0.0209. The number of nitrogens with zero attached hydrogens (tertiary/aromatic N) is 6. The molecule has 3 aromatic rings. The third kappa shape index (κ3) is 4.52. The Kier molecular flexibility index (Phi) is 6.83. The fourth-order valence-electron chi connectivity index (χ4n) is 6.00. The van der Waals surface area contributed by atoms with Gasteiger partial charge < -0.3 is 18.9 Å². The van der Waals surface area contributed by atoms with E-state index in [1.165, 1.54) is 4.57 Å². The van der Waals surface area contributed by atoms with Gasteiger partial charge in [-0.15, -0.1) is 0 Å². The summed E-state index contributed by atoms with van der Waals surface area (Å²) in [6.45, 7) is 14.5. The van der Waals surface area contributed by atoms with Crippen molar-refractivity contribution in [3.8, 4) is 17.6 Å². The van der Waals surface area contributed by atoms with E-state index in [2.05, 4.69) is 41.9 Å². The summed E-state index contributed by atoms with van der Waals surface area (Å²) < 4.78 is 30.9. The first-order chi connectivity index (χ1) is 18.5. The highest BCUT2D eigenvalue weighted by atomic mass is 19.1. The van der Waals surface area contributed by atoms with Crippen molar-refractivity contribution < 1.29 is 13.9 Å². The predicted octanol–water partition coefficient (Wildman–Crippen LogP) is 4.17. The number of benzene rings is 1. The molecule has 5 rings (SSSR count). The van der Waals surface area contributed by atoms with Crippen molar-refractivity contribution >= 4 is 16.9 Å². The molecule has 2 aliphatic rings. The van der Waals surface area contributed by atoms with E-state index >= 15 is 4.39 Å². The Morgan fingerprint density at radius 3 is 2.67 bits per heavy atom. The topological polar surface area (TPSA) is 88.6 Å². The van der Waals surface area contributed by atoms with Crippen LogP contribution in [0.5, 0.6) is 11.5 Å². The van der Waals surface area contributed by atoms with Gasteiger partial charge in [-0.2, -0.15) is 9.65 Å². The molecular weight excluding hydrogens is 499 g/mol.